The van der Waals surface area contributed by atoms with Crippen LogP contribution in [-0.2, 0) is 6.54 Å². The summed E-state index contributed by atoms with van der Waals surface area (Å²) in [5.74, 6) is 1.42. The van der Waals surface area contributed by atoms with Gasteiger partial charge in [-0.2, -0.15) is 0 Å². The highest BCUT2D eigenvalue weighted by Crippen LogP contribution is 2.27. The SMILES string of the molecule is Br.CCCCCCCCOc1ccc(C(=O)Nc2cccc(CN3CSC=C3C)c2)cc1Cl. The summed E-state index contributed by atoms with van der Waals surface area (Å²) in [6.45, 7) is 5.82. The first-order valence-electron chi connectivity index (χ1n) is 11.4. The minimum Gasteiger partial charge on any atom is -0.492 e. The average molecular weight is 554 g/mol. The highest BCUT2D eigenvalue weighted by Gasteiger charge is 2.13. The Balaban J connectivity index is 0.00000385. The van der Waals surface area contributed by atoms with Crippen molar-refractivity contribution in [1.82, 2.24) is 4.90 Å². The van der Waals surface area contributed by atoms with E-state index in [1.807, 2.05) is 18.2 Å². The molecule has 0 saturated heterocycles. The van der Waals surface area contributed by atoms with Crippen molar-refractivity contribution in [3.63, 3.8) is 0 Å². The summed E-state index contributed by atoms with van der Waals surface area (Å²) in [6.07, 6.45) is 7.28. The van der Waals surface area contributed by atoms with Crippen LogP contribution in [0.25, 0.3) is 0 Å². The summed E-state index contributed by atoms with van der Waals surface area (Å²) in [5, 5.41) is 5.62. The van der Waals surface area contributed by atoms with Crippen molar-refractivity contribution < 1.29 is 9.53 Å². The second kappa shape index (κ2) is 14.6. The lowest BCUT2D eigenvalue weighted by atomic mass is 10.1. The monoisotopic (exact) mass is 552 g/mol. The Morgan fingerprint density at radius 3 is 2.64 bits per heavy atom. The number of allylic oxidation sites excluding steroid dienone is 1. The molecule has 2 aromatic carbocycles. The number of hydrogen-bond acceptors (Lipinski definition) is 4. The summed E-state index contributed by atoms with van der Waals surface area (Å²) in [4.78, 5) is 15.1. The molecule has 1 N–H and O–H groups in total. The van der Waals surface area contributed by atoms with Gasteiger partial charge in [-0.3, -0.25) is 4.79 Å². The minimum absolute atomic E-state index is 0. The molecule has 0 spiro atoms. The number of amides is 1. The van der Waals surface area contributed by atoms with Gasteiger partial charge < -0.3 is 15.0 Å². The Kier molecular flexibility index (Phi) is 12.2. The Bertz CT molecular complexity index is 938. The molecule has 3 rings (SSSR count). The van der Waals surface area contributed by atoms with Crippen LogP contribution in [-0.4, -0.2) is 23.3 Å². The number of thioether (sulfide) groups is 1. The molecule has 0 saturated carbocycles. The molecule has 33 heavy (non-hydrogen) atoms. The van der Waals surface area contributed by atoms with E-state index in [2.05, 4.69) is 35.5 Å². The molecule has 2 aromatic rings. The normalized spacial score (nSPS) is 12.8. The van der Waals surface area contributed by atoms with Crippen LogP contribution in [0.4, 0.5) is 5.69 Å². The second-order valence-corrected chi connectivity index (χ2v) is 9.40. The average Bonchev–Trinajstić information content (AvgIpc) is 3.18. The highest BCUT2D eigenvalue weighted by molar-refractivity contribution is 8.93. The molecule has 1 aliphatic rings. The topological polar surface area (TPSA) is 41.6 Å². The van der Waals surface area contributed by atoms with E-state index in [0.29, 0.717) is 22.9 Å². The first kappa shape index (κ1) is 27.6. The Morgan fingerprint density at radius 1 is 1.12 bits per heavy atom. The van der Waals surface area contributed by atoms with Gasteiger partial charge >= 0.3 is 0 Å². The smallest absolute Gasteiger partial charge is 0.255 e. The second-order valence-electron chi connectivity index (χ2n) is 8.17. The quantitative estimate of drug-likeness (QED) is 0.269. The van der Waals surface area contributed by atoms with Crippen LogP contribution in [0.3, 0.4) is 0 Å². The predicted molar refractivity (Wildman–Crippen MR) is 147 cm³/mol. The minimum atomic E-state index is -0.181. The molecule has 1 aliphatic heterocycles. The number of halogens is 2. The zero-order valence-corrected chi connectivity index (χ0v) is 22.7. The maximum absolute atomic E-state index is 12.7. The van der Waals surface area contributed by atoms with Gasteiger partial charge in [0.25, 0.3) is 5.91 Å². The molecule has 7 heteroatoms. The molecule has 0 aromatic heterocycles. The fourth-order valence-corrected chi connectivity index (χ4v) is 4.76. The van der Waals surface area contributed by atoms with Crippen molar-refractivity contribution in [3.8, 4) is 5.75 Å². The van der Waals surface area contributed by atoms with E-state index in [0.717, 1.165) is 30.1 Å². The van der Waals surface area contributed by atoms with Crippen molar-refractivity contribution in [3.05, 3.63) is 69.7 Å². The summed E-state index contributed by atoms with van der Waals surface area (Å²) < 4.78 is 5.81. The number of carbonyl (C=O) groups excluding carboxylic acids is 1. The summed E-state index contributed by atoms with van der Waals surface area (Å²) in [6, 6.07) is 13.2. The Labute approximate surface area is 217 Å². The van der Waals surface area contributed by atoms with Crippen LogP contribution < -0.4 is 10.1 Å². The van der Waals surface area contributed by atoms with E-state index in [-0.39, 0.29) is 22.9 Å². The number of anilines is 1. The molecule has 4 nitrogen and oxygen atoms in total. The lowest BCUT2D eigenvalue weighted by Crippen LogP contribution is -2.17. The van der Waals surface area contributed by atoms with Crippen LogP contribution in [0.5, 0.6) is 5.75 Å². The van der Waals surface area contributed by atoms with E-state index < -0.39 is 0 Å². The summed E-state index contributed by atoms with van der Waals surface area (Å²) >= 11 is 8.18. The number of nitrogens with zero attached hydrogens (tertiary/aromatic N) is 1. The first-order valence-corrected chi connectivity index (χ1v) is 12.9. The van der Waals surface area contributed by atoms with E-state index in [9.17, 15) is 4.79 Å². The fourth-order valence-electron chi connectivity index (χ4n) is 3.59. The van der Waals surface area contributed by atoms with Crippen molar-refractivity contribution in [1.29, 1.82) is 0 Å². The van der Waals surface area contributed by atoms with Crippen molar-refractivity contribution in [2.24, 2.45) is 0 Å². The number of rotatable bonds is 12. The first-order chi connectivity index (χ1) is 15.6. The summed E-state index contributed by atoms with van der Waals surface area (Å²) in [5.41, 5.74) is 3.73. The molecule has 0 bridgehead atoms. The van der Waals surface area contributed by atoms with Gasteiger partial charge in [0.2, 0.25) is 0 Å². The van der Waals surface area contributed by atoms with Crippen molar-refractivity contribution >= 4 is 51.9 Å². The van der Waals surface area contributed by atoms with Gasteiger partial charge in [0, 0.05) is 23.5 Å². The van der Waals surface area contributed by atoms with Gasteiger partial charge in [0.05, 0.1) is 17.5 Å². The lowest BCUT2D eigenvalue weighted by molar-refractivity contribution is 0.102. The molecule has 0 unspecified atom stereocenters. The molecular weight excluding hydrogens is 520 g/mol. The van der Waals surface area contributed by atoms with Crippen LogP contribution >= 0.6 is 40.3 Å². The standard InChI is InChI=1S/C26H33ClN2O2S.BrH/c1-3-4-5-6-7-8-14-31-25-13-12-22(16-24(25)27)26(30)28-23-11-9-10-21(15-23)17-29-19-32-18-20(29)2;/h9-13,15-16,18H,3-8,14,17,19H2,1-2H3,(H,28,30);1H. The maximum Gasteiger partial charge on any atom is 0.255 e. The van der Waals surface area contributed by atoms with Gasteiger partial charge in [0.1, 0.15) is 5.75 Å². The molecule has 1 amide bonds. The number of carbonyl (C=O) groups is 1. The van der Waals surface area contributed by atoms with Gasteiger partial charge in [-0.1, -0.05) is 62.8 Å². The van der Waals surface area contributed by atoms with Gasteiger partial charge in [0.15, 0.2) is 0 Å². The summed E-state index contributed by atoms with van der Waals surface area (Å²) in [7, 11) is 0. The van der Waals surface area contributed by atoms with Crippen LogP contribution in [0.15, 0.2) is 53.6 Å². The van der Waals surface area contributed by atoms with Crippen molar-refractivity contribution in [2.45, 2.75) is 58.9 Å². The molecular formula is C26H34BrClN2O2S. The largest absolute Gasteiger partial charge is 0.492 e. The van der Waals surface area contributed by atoms with Crippen LogP contribution in [0.2, 0.25) is 5.02 Å². The molecule has 0 fully saturated rings. The third kappa shape index (κ3) is 8.91. The molecule has 1 heterocycles. The number of nitrogens with one attached hydrogen (secondary N) is 1. The van der Waals surface area contributed by atoms with E-state index in [4.69, 9.17) is 16.3 Å². The number of unbranched alkanes of at least 4 members (excludes halogenated alkanes) is 5. The lowest BCUT2D eigenvalue weighted by Gasteiger charge is -2.19. The number of hydrogen-bond donors (Lipinski definition) is 1. The highest BCUT2D eigenvalue weighted by atomic mass is 79.9. The molecule has 180 valence electrons. The maximum atomic E-state index is 12.7. The predicted octanol–water partition coefficient (Wildman–Crippen LogP) is 8.28. The van der Waals surface area contributed by atoms with Crippen LogP contribution in [0, 0.1) is 0 Å². The van der Waals surface area contributed by atoms with Crippen molar-refractivity contribution in [2.75, 3.05) is 17.8 Å². The number of benzene rings is 2. The van der Waals surface area contributed by atoms with Gasteiger partial charge in [-0.25, -0.2) is 0 Å². The number of ether oxygens (including phenoxy) is 1. The zero-order valence-electron chi connectivity index (χ0n) is 19.4. The Hall–Kier alpha value is -1.63. The van der Waals surface area contributed by atoms with Crippen LogP contribution in [0.1, 0.15) is 68.3 Å². The van der Waals surface area contributed by atoms with Gasteiger partial charge in [-0.15, -0.1) is 28.7 Å². The van der Waals surface area contributed by atoms with Gasteiger partial charge in [-0.05, 0) is 54.6 Å². The molecule has 0 aliphatic carbocycles. The van der Waals surface area contributed by atoms with E-state index >= 15 is 0 Å². The van der Waals surface area contributed by atoms with E-state index in [1.54, 1.807) is 30.0 Å². The zero-order chi connectivity index (χ0) is 22.8. The fraction of sp³-hybridized carbons (Fsp3) is 0.423. The Morgan fingerprint density at radius 2 is 1.91 bits per heavy atom. The third-order valence-electron chi connectivity index (χ3n) is 5.49. The third-order valence-corrected chi connectivity index (χ3v) is 6.75. The van der Waals surface area contributed by atoms with E-state index in [1.165, 1.54) is 37.8 Å². The molecule has 0 atom stereocenters. The molecule has 0 radical (unpaired) electrons.